The average molecular weight is 208 g/mol. The summed E-state index contributed by atoms with van der Waals surface area (Å²) in [6.45, 7) is 0. The van der Waals surface area contributed by atoms with Crippen molar-refractivity contribution in [3.05, 3.63) is 30.1 Å². The average Bonchev–Trinajstić information content (AvgIpc) is 2.17. The summed E-state index contributed by atoms with van der Waals surface area (Å²) in [5, 5.41) is 1.60. The second kappa shape index (κ2) is 5.43. The van der Waals surface area contributed by atoms with Crippen molar-refractivity contribution in [3.63, 3.8) is 0 Å². The number of aromatic nitrogens is 1. The number of amides is 1. The zero-order valence-corrected chi connectivity index (χ0v) is 8.97. The monoisotopic (exact) mass is 208 g/mol. The summed E-state index contributed by atoms with van der Waals surface area (Å²) >= 11 is 0. The standard InChI is InChI=1S/C10H16N4O/c1-14(2)13-10(15)7-9(11)8-3-5-12-6-4-8/h3-6,9H,7,11H2,1-2H3,(H,13,15). The Morgan fingerprint density at radius 2 is 2.13 bits per heavy atom. The van der Waals surface area contributed by atoms with Crippen LogP contribution in [0.1, 0.15) is 18.0 Å². The summed E-state index contributed by atoms with van der Waals surface area (Å²) in [5.74, 6) is -0.0932. The number of nitrogens with one attached hydrogen (secondary N) is 1. The number of nitrogens with zero attached hydrogens (tertiary/aromatic N) is 2. The van der Waals surface area contributed by atoms with Gasteiger partial charge in [0.25, 0.3) is 0 Å². The molecule has 1 aromatic rings. The van der Waals surface area contributed by atoms with Crippen LogP contribution in [0.15, 0.2) is 24.5 Å². The van der Waals surface area contributed by atoms with E-state index in [4.69, 9.17) is 5.73 Å². The van der Waals surface area contributed by atoms with Crippen molar-refractivity contribution < 1.29 is 4.79 Å². The summed E-state index contributed by atoms with van der Waals surface area (Å²) in [4.78, 5) is 15.3. The van der Waals surface area contributed by atoms with Crippen LogP contribution in [0, 0.1) is 0 Å². The van der Waals surface area contributed by atoms with Crippen LogP contribution in [-0.2, 0) is 4.79 Å². The minimum Gasteiger partial charge on any atom is -0.324 e. The van der Waals surface area contributed by atoms with E-state index in [1.165, 1.54) is 0 Å². The lowest BCUT2D eigenvalue weighted by Gasteiger charge is -2.15. The molecule has 0 aliphatic rings. The first-order valence-electron chi connectivity index (χ1n) is 4.72. The predicted octanol–water partition coefficient (Wildman–Crippen LogP) is 0.0643. The highest BCUT2D eigenvalue weighted by atomic mass is 16.2. The normalized spacial score (nSPS) is 12.5. The Hall–Kier alpha value is -1.46. The molecule has 15 heavy (non-hydrogen) atoms. The molecular weight excluding hydrogens is 192 g/mol. The molecule has 1 atom stereocenters. The molecule has 1 rings (SSSR count). The van der Waals surface area contributed by atoms with Crippen molar-refractivity contribution in [2.45, 2.75) is 12.5 Å². The highest BCUT2D eigenvalue weighted by Crippen LogP contribution is 2.11. The number of rotatable bonds is 4. The number of hydrazine groups is 1. The Bertz CT molecular complexity index is 312. The van der Waals surface area contributed by atoms with E-state index in [0.717, 1.165) is 5.56 Å². The highest BCUT2D eigenvalue weighted by Gasteiger charge is 2.11. The lowest BCUT2D eigenvalue weighted by Crippen LogP contribution is -2.37. The predicted molar refractivity (Wildman–Crippen MR) is 57.6 cm³/mol. The van der Waals surface area contributed by atoms with E-state index in [1.807, 2.05) is 12.1 Å². The van der Waals surface area contributed by atoms with Crippen molar-refractivity contribution in [2.75, 3.05) is 14.1 Å². The van der Waals surface area contributed by atoms with Crippen LogP contribution in [0.3, 0.4) is 0 Å². The summed E-state index contributed by atoms with van der Waals surface area (Å²) in [6, 6.07) is 3.34. The molecule has 1 amide bonds. The van der Waals surface area contributed by atoms with Gasteiger partial charge in [-0.3, -0.25) is 15.2 Å². The lowest BCUT2D eigenvalue weighted by atomic mass is 10.1. The maximum absolute atomic E-state index is 11.4. The Kier molecular flexibility index (Phi) is 4.20. The zero-order chi connectivity index (χ0) is 11.3. The SMILES string of the molecule is CN(C)NC(=O)CC(N)c1ccncc1. The van der Waals surface area contributed by atoms with Gasteiger partial charge in [-0.1, -0.05) is 0 Å². The molecule has 1 aromatic heterocycles. The first-order chi connectivity index (χ1) is 7.09. The van der Waals surface area contributed by atoms with Gasteiger partial charge < -0.3 is 5.73 Å². The molecule has 1 heterocycles. The smallest absolute Gasteiger partial charge is 0.236 e. The molecule has 0 spiro atoms. The van der Waals surface area contributed by atoms with Gasteiger partial charge in [-0.2, -0.15) is 0 Å². The van der Waals surface area contributed by atoms with Gasteiger partial charge in [-0.25, -0.2) is 5.01 Å². The maximum atomic E-state index is 11.4. The van der Waals surface area contributed by atoms with Crippen LogP contribution in [0.4, 0.5) is 0 Å². The molecule has 0 aliphatic heterocycles. The fourth-order valence-electron chi connectivity index (χ4n) is 1.22. The minimum atomic E-state index is -0.284. The Morgan fingerprint density at radius 1 is 1.53 bits per heavy atom. The number of carbonyl (C=O) groups excluding carboxylic acids is 1. The summed E-state index contributed by atoms with van der Waals surface area (Å²) in [6.07, 6.45) is 3.60. The molecule has 5 nitrogen and oxygen atoms in total. The van der Waals surface area contributed by atoms with E-state index in [0.29, 0.717) is 0 Å². The molecule has 0 bridgehead atoms. The first-order valence-corrected chi connectivity index (χ1v) is 4.72. The van der Waals surface area contributed by atoms with Gasteiger partial charge in [-0.15, -0.1) is 0 Å². The van der Waals surface area contributed by atoms with E-state index in [2.05, 4.69) is 10.4 Å². The fraction of sp³-hybridized carbons (Fsp3) is 0.400. The van der Waals surface area contributed by atoms with Crippen LogP contribution in [0.25, 0.3) is 0 Å². The quantitative estimate of drug-likeness (QED) is 0.687. The van der Waals surface area contributed by atoms with Gasteiger partial charge in [-0.05, 0) is 17.7 Å². The first kappa shape index (κ1) is 11.6. The number of carbonyl (C=O) groups is 1. The summed E-state index contributed by atoms with van der Waals surface area (Å²) < 4.78 is 0. The third kappa shape index (κ3) is 4.05. The molecule has 1 unspecified atom stereocenters. The van der Waals surface area contributed by atoms with E-state index < -0.39 is 0 Å². The van der Waals surface area contributed by atoms with Crippen molar-refractivity contribution >= 4 is 5.91 Å². The number of nitrogens with two attached hydrogens (primary N) is 1. The number of hydrogen-bond acceptors (Lipinski definition) is 4. The van der Waals surface area contributed by atoms with E-state index in [9.17, 15) is 4.79 Å². The Morgan fingerprint density at radius 3 is 2.67 bits per heavy atom. The second-order valence-electron chi connectivity index (χ2n) is 3.52. The molecular formula is C10H16N4O. The molecule has 0 saturated carbocycles. The molecule has 3 N–H and O–H groups in total. The largest absolute Gasteiger partial charge is 0.324 e. The van der Waals surface area contributed by atoms with E-state index >= 15 is 0 Å². The van der Waals surface area contributed by atoms with Gasteiger partial charge in [0, 0.05) is 39.0 Å². The Balaban J connectivity index is 2.49. The lowest BCUT2D eigenvalue weighted by molar-refractivity contribution is -0.125. The number of hydrogen-bond donors (Lipinski definition) is 2. The van der Waals surface area contributed by atoms with E-state index in [1.54, 1.807) is 31.5 Å². The van der Waals surface area contributed by atoms with Crippen molar-refractivity contribution in [3.8, 4) is 0 Å². The van der Waals surface area contributed by atoms with Crippen LogP contribution < -0.4 is 11.2 Å². The highest BCUT2D eigenvalue weighted by molar-refractivity contribution is 5.76. The van der Waals surface area contributed by atoms with Crippen molar-refractivity contribution in [1.82, 2.24) is 15.4 Å². The summed E-state index contributed by atoms with van der Waals surface area (Å²) in [5.41, 5.74) is 9.42. The zero-order valence-electron chi connectivity index (χ0n) is 8.97. The molecule has 5 heteroatoms. The fourth-order valence-corrected chi connectivity index (χ4v) is 1.22. The molecule has 0 saturated heterocycles. The molecule has 0 fully saturated rings. The van der Waals surface area contributed by atoms with Gasteiger partial charge in [0.15, 0.2) is 0 Å². The minimum absolute atomic E-state index is 0.0932. The molecule has 0 aliphatic carbocycles. The van der Waals surface area contributed by atoms with Gasteiger partial charge in [0.05, 0.1) is 0 Å². The van der Waals surface area contributed by atoms with Gasteiger partial charge in [0.1, 0.15) is 0 Å². The Labute approximate surface area is 89.3 Å². The molecule has 0 radical (unpaired) electrons. The topological polar surface area (TPSA) is 71.2 Å². The van der Waals surface area contributed by atoms with Crippen LogP contribution in [0.2, 0.25) is 0 Å². The van der Waals surface area contributed by atoms with Gasteiger partial charge in [0.2, 0.25) is 5.91 Å². The second-order valence-corrected chi connectivity index (χ2v) is 3.52. The van der Waals surface area contributed by atoms with Gasteiger partial charge >= 0.3 is 0 Å². The van der Waals surface area contributed by atoms with Crippen LogP contribution in [0.5, 0.6) is 0 Å². The summed E-state index contributed by atoms with van der Waals surface area (Å²) in [7, 11) is 3.52. The van der Waals surface area contributed by atoms with Crippen molar-refractivity contribution in [2.24, 2.45) is 5.73 Å². The van der Waals surface area contributed by atoms with Crippen molar-refractivity contribution in [1.29, 1.82) is 0 Å². The third-order valence-corrected chi connectivity index (χ3v) is 1.89. The maximum Gasteiger partial charge on any atom is 0.236 e. The third-order valence-electron chi connectivity index (χ3n) is 1.89. The van der Waals surface area contributed by atoms with E-state index in [-0.39, 0.29) is 18.4 Å². The van der Waals surface area contributed by atoms with Crippen LogP contribution in [-0.4, -0.2) is 30.0 Å². The molecule has 0 aromatic carbocycles. The van der Waals surface area contributed by atoms with Crippen LogP contribution >= 0.6 is 0 Å². The number of pyridine rings is 1. The molecule has 82 valence electrons.